The Labute approximate surface area is 590 Å². The summed E-state index contributed by atoms with van der Waals surface area (Å²) >= 11 is 0. The minimum atomic E-state index is -0.547. The molecular weight excluding hydrogens is 1260 g/mol. The lowest BCUT2D eigenvalue weighted by Crippen LogP contribution is -2.42. The largest absolute Gasteiger partial charge is 0.457 e. The van der Waals surface area contributed by atoms with Gasteiger partial charge in [0.05, 0.1) is 33.6 Å². The molecule has 10 nitrogen and oxygen atoms in total. The van der Waals surface area contributed by atoms with Crippen molar-refractivity contribution in [1.29, 1.82) is 0 Å². The number of aryl methyl sites for hydroxylation is 8. The van der Waals surface area contributed by atoms with Crippen molar-refractivity contribution in [1.82, 2.24) is 0 Å². The lowest BCUT2D eigenvalue weighted by atomic mass is 9.80. The number of anilines is 2. The molecule has 0 bridgehead atoms. The van der Waals surface area contributed by atoms with Crippen LogP contribution in [0.3, 0.4) is 0 Å². The third-order valence-corrected chi connectivity index (χ3v) is 19.7. The van der Waals surface area contributed by atoms with Gasteiger partial charge in [-0.25, -0.2) is 9.80 Å². The van der Waals surface area contributed by atoms with Crippen molar-refractivity contribution in [2.24, 2.45) is 0 Å². The summed E-state index contributed by atoms with van der Waals surface area (Å²) in [6.07, 6.45) is 4.71. The number of fused-ring (bicyclic) bond motifs is 2. The van der Waals surface area contributed by atoms with Crippen LogP contribution in [0, 0.1) is 0 Å². The van der Waals surface area contributed by atoms with Gasteiger partial charge in [0.15, 0.2) is 0 Å². The molecule has 0 saturated heterocycles. The van der Waals surface area contributed by atoms with Crippen LogP contribution in [-0.2, 0) is 51.4 Å². The zero-order valence-electron chi connectivity index (χ0n) is 55.7. The molecule has 15 aromatic carbocycles. The summed E-state index contributed by atoms with van der Waals surface area (Å²) in [4.78, 5) is 69.8. The molecule has 0 aliphatic carbocycles. The van der Waals surface area contributed by atoms with Crippen molar-refractivity contribution < 1.29 is 38.1 Å². The number of imide groups is 2. The number of rotatable bonds is 22. The fourth-order valence-electron chi connectivity index (χ4n) is 15.1. The van der Waals surface area contributed by atoms with Crippen molar-refractivity contribution in [3.05, 3.63) is 370 Å². The molecule has 492 valence electrons. The number of ether oxygens (including phenoxy) is 4. The average Bonchev–Trinajstić information content (AvgIpc) is 0.671. The number of hydrogen-bond acceptors (Lipinski definition) is 8. The molecule has 2 aliphatic rings. The number of amides is 4. The Morgan fingerprint density at radius 2 is 0.412 bits per heavy atom. The van der Waals surface area contributed by atoms with Crippen molar-refractivity contribution in [2.45, 2.75) is 51.4 Å². The van der Waals surface area contributed by atoms with Crippen molar-refractivity contribution in [3.8, 4) is 46.0 Å². The van der Waals surface area contributed by atoms with Gasteiger partial charge in [0, 0.05) is 43.1 Å². The molecule has 2 aliphatic heterocycles. The predicted molar refractivity (Wildman–Crippen MR) is 404 cm³/mol. The van der Waals surface area contributed by atoms with Crippen LogP contribution in [0.15, 0.2) is 303 Å². The molecule has 0 aromatic heterocycles. The number of carbonyl (C=O) groups excluding carboxylic acids is 4. The van der Waals surface area contributed by atoms with Gasteiger partial charge in [-0.3, -0.25) is 19.2 Å². The van der Waals surface area contributed by atoms with Crippen LogP contribution in [0.2, 0.25) is 0 Å². The van der Waals surface area contributed by atoms with Crippen LogP contribution in [0.1, 0.15) is 85.9 Å². The Morgan fingerprint density at radius 3 is 0.627 bits per heavy atom. The summed E-state index contributed by atoms with van der Waals surface area (Å²) in [6, 6.07) is 97.5. The van der Waals surface area contributed by atoms with Gasteiger partial charge in [-0.1, -0.05) is 231 Å². The molecule has 0 fully saturated rings. The molecule has 15 aromatic rings. The fraction of sp³-hybridized carbons (Fsp3) is 0.0870. The van der Waals surface area contributed by atoms with Crippen LogP contribution < -0.4 is 28.7 Å². The van der Waals surface area contributed by atoms with E-state index >= 15 is 19.2 Å². The number of carbonyl (C=O) groups is 4. The summed E-state index contributed by atoms with van der Waals surface area (Å²) in [5.41, 5.74) is 9.68. The minimum absolute atomic E-state index is 0.203. The first kappa shape index (κ1) is 62.6. The second kappa shape index (κ2) is 27.1. The van der Waals surface area contributed by atoms with E-state index in [1.807, 2.05) is 231 Å². The maximum atomic E-state index is 16.7. The van der Waals surface area contributed by atoms with Crippen LogP contribution in [-0.4, -0.2) is 23.6 Å². The summed E-state index contributed by atoms with van der Waals surface area (Å²) in [6.45, 7) is 0. The van der Waals surface area contributed by atoms with Gasteiger partial charge in [-0.05, 0) is 169 Å². The molecule has 0 unspecified atom stereocenters. The maximum absolute atomic E-state index is 16.7. The predicted octanol–water partition coefficient (Wildman–Crippen LogP) is 21.6. The highest BCUT2D eigenvalue weighted by Crippen LogP contribution is 2.59. The summed E-state index contributed by atoms with van der Waals surface area (Å²) in [7, 11) is 0. The van der Waals surface area contributed by atoms with E-state index in [1.54, 1.807) is 24.3 Å². The van der Waals surface area contributed by atoms with Gasteiger partial charge in [0.1, 0.15) is 46.0 Å². The molecule has 102 heavy (non-hydrogen) atoms. The number of nitrogens with zero attached hydrogens (tertiary/aromatic N) is 2. The van der Waals surface area contributed by atoms with E-state index in [0.29, 0.717) is 129 Å². The van der Waals surface area contributed by atoms with Gasteiger partial charge >= 0.3 is 0 Å². The number of para-hydroxylation sites is 6. The highest BCUT2D eigenvalue weighted by atomic mass is 16.5. The van der Waals surface area contributed by atoms with Gasteiger partial charge in [-0.15, -0.1) is 0 Å². The Kier molecular flexibility index (Phi) is 16.6. The lowest BCUT2D eigenvalue weighted by Gasteiger charge is -2.34. The average molecular weight is 1330 g/mol. The Hall–Kier alpha value is -12.9. The van der Waals surface area contributed by atoms with Crippen LogP contribution >= 0.6 is 0 Å². The molecule has 0 spiro atoms. The maximum Gasteiger partial charge on any atom is 0.266 e. The van der Waals surface area contributed by atoms with E-state index in [2.05, 4.69) is 48.5 Å². The van der Waals surface area contributed by atoms with E-state index in [4.69, 9.17) is 18.9 Å². The molecule has 0 N–H and O–H groups in total. The lowest BCUT2D eigenvalue weighted by molar-refractivity contribution is 0.0877. The van der Waals surface area contributed by atoms with Crippen LogP contribution in [0.5, 0.6) is 46.0 Å². The first-order valence-electron chi connectivity index (χ1n) is 34.7. The number of hydrogen-bond donors (Lipinski definition) is 0. The third kappa shape index (κ3) is 11.7. The molecular formula is C92H66N2O8. The highest BCUT2D eigenvalue weighted by Gasteiger charge is 2.44. The van der Waals surface area contributed by atoms with E-state index in [1.165, 1.54) is 9.80 Å². The van der Waals surface area contributed by atoms with Crippen molar-refractivity contribution in [3.63, 3.8) is 0 Å². The fourth-order valence-corrected chi connectivity index (χ4v) is 15.1. The van der Waals surface area contributed by atoms with E-state index in [-0.39, 0.29) is 45.3 Å². The number of benzene rings is 15. The first-order valence-corrected chi connectivity index (χ1v) is 34.7. The Balaban J connectivity index is 0.971. The van der Waals surface area contributed by atoms with Gasteiger partial charge < -0.3 is 18.9 Å². The highest BCUT2D eigenvalue weighted by molar-refractivity contribution is 6.48. The molecule has 0 saturated carbocycles. The smallest absolute Gasteiger partial charge is 0.266 e. The van der Waals surface area contributed by atoms with Crippen LogP contribution in [0.25, 0.3) is 43.1 Å². The van der Waals surface area contributed by atoms with Gasteiger partial charge in [0.2, 0.25) is 0 Å². The second-order valence-corrected chi connectivity index (χ2v) is 26.0. The van der Waals surface area contributed by atoms with Crippen molar-refractivity contribution >= 4 is 78.1 Å². The second-order valence-electron chi connectivity index (χ2n) is 26.0. The van der Waals surface area contributed by atoms with E-state index in [0.717, 1.165) is 44.5 Å². The zero-order valence-corrected chi connectivity index (χ0v) is 55.7. The Bertz CT molecular complexity index is 5010. The molecule has 0 radical (unpaired) electrons. The van der Waals surface area contributed by atoms with E-state index in [9.17, 15) is 0 Å². The molecule has 10 heteroatoms. The summed E-state index contributed by atoms with van der Waals surface area (Å²) in [5.74, 6) is 0.547. The normalized spacial score (nSPS) is 12.7. The molecule has 4 amide bonds. The SMILES string of the molecule is O=C1c2cc(Oc3ccccc3)c3c4c(Oc5ccccc5)cc5c6c(cc(Oc7ccccc7)c(c7c(Oc8ccccc8)cc(c2c37)C(=O)N1c1c(CCc2ccccc2)cccc1CCc1ccccc1)c64)C(=O)N(c1c(CCc2ccccc2)cccc1CCc1ccccc1)C5=O. The Morgan fingerprint density at radius 1 is 0.206 bits per heavy atom. The van der Waals surface area contributed by atoms with E-state index < -0.39 is 23.6 Å². The summed E-state index contributed by atoms with van der Waals surface area (Å²) in [5, 5.41) is 3.28. The monoisotopic (exact) mass is 1330 g/mol. The standard InChI is InChI=1S/C92H66N2O8/c95-89-71-55-75(99-67-39-17-5-18-40-67)81-83-77(101-69-43-21-7-22-44-69)57-73-80-74(92(98)94(91(73)97)88-65(53-49-61-31-13-3-14-32-61)37-26-38-66(88)54-50-62-33-15-4-16-34-62)58-78(102-70-45-23-8-24-46-70)84(86(80)83)82-76(100-68-41-19-6-20-42-68)56-72(79(71)85(81)82)90(96)93(89)87-63(51-47-59-27-9-1-10-28-59)35-25-36-64(87)52-48-60-29-11-2-12-30-60/h1-46,55-58H,47-54H2. The van der Waals surface area contributed by atoms with Gasteiger partial charge in [-0.2, -0.15) is 0 Å². The summed E-state index contributed by atoms with van der Waals surface area (Å²) < 4.78 is 29.2. The molecule has 2 heterocycles. The molecule has 0 atom stereocenters. The van der Waals surface area contributed by atoms with Crippen molar-refractivity contribution in [2.75, 3.05) is 9.80 Å². The molecule has 17 rings (SSSR count). The minimum Gasteiger partial charge on any atom is -0.457 e. The van der Waals surface area contributed by atoms with Gasteiger partial charge in [0.25, 0.3) is 23.6 Å². The first-order chi connectivity index (χ1) is 50.3. The quantitative estimate of drug-likeness (QED) is 0.0375. The van der Waals surface area contributed by atoms with Crippen LogP contribution in [0.4, 0.5) is 11.4 Å². The topological polar surface area (TPSA) is 112 Å². The third-order valence-electron chi connectivity index (χ3n) is 19.7. The zero-order chi connectivity index (χ0) is 68.6.